The summed E-state index contributed by atoms with van der Waals surface area (Å²) in [5, 5.41) is 2.54. The molecule has 0 bridgehead atoms. The van der Waals surface area contributed by atoms with Crippen LogP contribution in [0.4, 0.5) is 0 Å². The van der Waals surface area contributed by atoms with E-state index in [4.69, 9.17) is 4.74 Å². The van der Waals surface area contributed by atoms with Gasteiger partial charge in [0.05, 0.1) is 10.8 Å². The maximum atomic E-state index is 6.73. The van der Waals surface area contributed by atoms with Crippen molar-refractivity contribution >= 4 is 10.8 Å². The number of fused-ring (bicyclic) bond motifs is 13. The van der Waals surface area contributed by atoms with E-state index < -0.39 is 10.8 Å². The van der Waals surface area contributed by atoms with Gasteiger partial charge in [0.1, 0.15) is 11.5 Å². The molecule has 1 spiro atoms. The molecule has 50 heavy (non-hydrogen) atoms. The van der Waals surface area contributed by atoms with Crippen molar-refractivity contribution in [3.63, 3.8) is 0 Å². The molecule has 1 nitrogen and oxygen atoms in total. The number of benzene rings is 8. The number of hydrogen-bond donors (Lipinski definition) is 0. The van der Waals surface area contributed by atoms with Crippen LogP contribution in [-0.2, 0) is 10.8 Å². The molecule has 0 saturated heterocycles. The minimum atomic E-state index is -0.432. The Morgan fingerprint density at radius 1 is 0.380 bits per heavy atom. The molecule has 1 heterocycles. The standard InChI is InChI=1S/C49H32O/c1-48(34-16-3-2-4-17-34)42-23-11-12-24-45(42)50-46-25-13-20-35(47(46)48)33-26-27-38-36-18-7-9-21-40(36)49(43(38)30-33)41-22-10-8-19-37(41)39-28-31-14-5-6-15-32(31)29-44(39)49/h2-30H,1H3. The van der Waals surface area contributed by atoms with Crippen molar-refractivity contribution in [1.82, 2.24) is 0 Å². The summed E-state index contributed by atoms with van der Waals surface area (Å²) >= 11 is 0. The number of para-hydroxylation sites is 1. The third-order valence-corrected chi connectivity index (χ3v) is 11.8. The minimum absolute atomic E-state index is 0.423. The van der Waals surface area contributed by atoms with Crippen molar-refractivity contribution in [2.75, 3.05) is 0 Å². The van der Waals surface area contributed by atoms with E-state index in [1.807, 2.05) is 0 Å². The van der Waals surface area contributed by atoms with Crippen LogP contribution in [0.15, 0.2) is 176 Å². The van der Waals surface area contributed by atoms with Crippen LogP contribution in [0.2, 0.25) is 0 Å². The normalized spacial score (nSPS) is 18.8. The van der Waals surface area contributed by atoms with Crippen molar-refractivity contribution in [3.8, 4) is 44.9 Å². The van der Waals surface area contributed by atoms with Crippen LogP contribution in [-0.4, -0.2) is 0 Å². The van der Waals surface area contributed by atoms with Crippen LogP contribution in [0.1, 0.15) is 45.9 Å². The number of rotatable bonds is 2. The molecule has 234 valence electrons. The maximum Gasteiger partial charge on any atom is 0.132 e. The second kappa shape index (κ2) is 9.94. The second-order valence-electron chi connectivity index (χ2n) is 14.1. The molecule has 1 heteroatoms. The van der Waals surface area contributed by atoms with Crippen LogP contribution in [0.25, 0.3) is 44.2 Å². The highest BCUT2D eigenvalue weighted by Gasteiger charge is 2.52. The molecule has 2 aliphatic carbocycles. The Hall–Kier alpha value is -6.18. The highest BCUT2D eigenvalue weighted by molar-refractivity contribution is 6.00. The zero-order chi connectivity index (χ0) is 33.0. The summed E-state index contributed by atoms with van der Waals surface area (Å²) in [6, 6.07) is 65.0. The molecule has 0 radical (unpaired) electrons. The van der Waals surface area contributed by atoms with Gasteiger partial charge >= 0.3 is 0 Å². The van der Waals surface area contributed by atoms with Crippen molar-refractivity contribution in [2.24, 2.45) is 0 Å². The van der Waals surface area contributed by atoms with E-state index in [1.165, 1.54) is 83.1 Å². The van der Waals surface area contributed by atoms with Gasteiger partial charge in [0.2, 0.25) is 0 Å². The molecule has 2 atom stereocenters. The predicted octanol–water partition coefficient (Wildman–Crippen LogP) is 12.3. The highest BCUT2D eigenvalue weighted by Crippen LogP contribution is 2.64. The molecular formula is C49H32O. The van der Waals surface area contributed by atoms with Gasteiger partial charge in [0.15, 0.2) is 0 Å². The van der Waals surface area contributed by atoms with Gasteiger partial charge in [-0.3, -0.25) is 0 Å². The third kappa shape index (κ3) is 3.42. The van der Waals surface area contributed by atoms with Crippen molar-refractivity contribution in [3.05, 3.63) is 215 Å². The lowest BCUT2D eigenvalue weighted by Gasteiger charge is -2.39. The van der Waals surface area contributed by atoms with Gasteiger partial charge in [-0.1, -0.05) is 146 Å². The van der Waals surface area contributed by atoms with Gasteiger partial charge in [-0.15, -0.1) is 0 Å². The second-order valence-corrected chi connectivity index (χ2v) is 14.1. The highest BCUT2D eigenvalue weighted by atomic mass is 16.5. The summed E-state index contributed by atoms with van der Waals surface area (Å²) in [6.45, 7) is 2.37. The molecule has 0 N–H and O–H groups in total. The van der Waals surface area contributed by atoms with Crippen LogP contribution >= 0.6 is 0 Å². The smallest absolute Gasteiger partial charge is 0.132 e. The molecule has 0 aromatic heterocycles. The average molecular weight is 637 g/mol. The Balaban J connectivity index is 1.22. The summed E-state index contributed by atoms with van der Waals surface area (Å²) < 4.78 is 6.73. The van der Waals surface area contributed by atoms with Gasteiger partial charge < -0.3 is 4.74 Å². The number of hydrogen-bond acceptors (Lipinski definition) is 1. The van der Waals surface area contributed by atoms with E-state index in [2.05, 4.69) is 183 Å². The monoisotopic (exact) mass is 636 g/mol. The zero-order valence-corrected chi connectivity index (χ0v) is 27.7. The van der Waals surface area contributed by atoms with Crippen molar-refractivity contribution in [1.29, 1.82) is 0 Å². The molecule has 8 aromatic rings. The molecule has 3 aliphatic rings. The van der Waals surface area contributed by atoms with E-state index in [-0.39, 0.29) is 0 Å². The van der Waals surface area contributed by atoms with Crippen molar-refractivity contribution < 1.29 is 4.74 Å². The fourth-order valence-corrected chi connectivity index (χ4v) is 9.66. The van der Waals surface area contributed by atoms with Crippen molar-refractivity contribution in [2.45, 2.75) is 17.8 Å². The van der Waals surface area contributed by atoms with Gasteiger partial charge in [-0.2, -0.15) is 0 Å². The lowest BCUT2D eigenvalue weighted by molar-refractivity contribution is 0.428. The van der Waals surface area contributed by atoms with Gasteiger partial charge in [0.25, 0.3) is 0 Å². The minimum Gasteiger partial charge on any atom is -0.457 e. The molecule has 11 rings (SSSR count). The lowest BCUT2D eigenvalue weighted by atomic mass is 9.66. The van der Waals surface area contributed by atoms with E-state index in [1.54, 1.807) is 0 Å². The Kier molecular flexibility index (Phi) is 5.51. The largest absolute Gasteiger partial charge is 0.457 e. The van der Waals surface area contributed by atoms with Crippen LogP contribution in [0.5, 0.6) is 11.5 Å². The molecule has 1 aliphatic heterocycles. The molecule has 0 fully saturated rings. The fraction of sp³-hybridized carbons (Fsp3) is 0.0612. The Morgan fingerprint density at radius 3 is 1.72 bits per heavy atom. The summed E-state index contributed by atoms with van der Waals surface area (Å²) in [6.07, 6.45) is 0. The Labute approximate surface area is 292 Å². The fourth-order valence-electron chi connectivity index (χ4n) is 9.66. The molecular weight excluding hydrogens is 605 g/mol. The van der Waals surface area contributed by atoms with E-state index in [9.17, 15) is 0 Å². The zero-order valence-electron chi connectivity index (χ0n) is 27.7. The average Bonchev–Trinajstić information content (AvgIpc) is 3.63. The lowest BCUT2D eigenvalue weighted by Crippen LogP contribution is -2.30. The van der Waals surface area contributed by atoms with Gasteiger partial charge in [-0.25, -0.2) is 0 Å². The Bertz CT molecular complexity index is 2700. The maximum absolute atomic E-state index is 6.73. The first-order valence-electron chi connectivity index (χ1n) is 17.5. The first-order chi connectivity index (χ1) is 24.7. The summed E-state index contributed by atoms with van der Waals surface area (Å²) in [5.41, 5.74) is 15.9. The summed E-state index contributed by atoms with van der Waals surface area (Å²) in [5.74, 6) is 1.83. The molecule has 0 amide bonds. The van der Waals surface area contributed by atoms with Gasteiger partial charge in [0, 0.05) is 11.1 Å². The van der Waals surface area contributed by atoms with Gasteiger partial charge in [-0.05, 0) is 109 Å². The predicted molar refractivity (Wildman–Crippen MR) is 204 cm³/mol. The summed E-state index contributed by atoms with van der Waals surface area (Å²) in [4.78, 5) is 0. The quantitative estimate of drug-likeness (QED) is 0.183. The van der Waals surface area contributed by atoms with Crippen LogP contribution in [0.3, 0.4) is 0 Å². The first kappa shape index (κ1) is 27.7. The Morgan fingerprint density at radius 2 is 0.940 bits per heavy atom. The van der Waals surface area contributed by atoms with E-state index in [0.717, 1.165) is 11.5 Å². The molecule has 0 saturated carbocycles. The van der Waals surface area contributed by atoms with E-state index >= 15 is 0 Å². The SMILES string of the molecule is CC1(c2ccccc2)c2ccccc2Oc2cccc(-c3ccc4c(c3)C3(c5ccccc5-4)c4ccccc4-c4cc5ccccc5cc43)c21. The topological polar surface area (TPSA) is 9.23 Å². The third-order valence-electron chi connectivity index (χ3n) is 11.8. The summed E-state index contributed by atoms with van der Waals surface area (Å²) in [7, 11) is 0. The first-order valence-corrected chi connectivity index (χ1v) is 17.5. The van der Waals surface area contributed by atoms with E-state index in [0.29, 0.717) is 0 Å². The molecule has 8 aromatic carbocycles. The van der Waals surface area contributed by atoms with Crippen LogP contribution in [0, 0.1) is 0 Å². The number of ether oxygens (including phenoxy) is 1. The molecule has 2 unspecified atom stereocenters. The van der Waals surface area contributed by atoms with Crippen LogP contribution < -0.4 is 4.74 Å².